The van der Waals surface area contributed by atoms with Crippen molar-refractivity contribution < 1.29 is 9.59 Å². The number of allylic oxidation sites excluding steroid dienone is 12. The third kappa shape index (κ3) is 27.8. The summed E-state index contributed by atoms with van der Waals surface area (Å²) >= 11 is 0. The maximum atomic E-state index is 8.12. The molecular weight excluding hydrogens is 404 g/mol. The first-order valence-corrected chi connectivity index (χ1v) is 12.5. The molecule has 0 saturated heterocycles. The second kappa shape index (κ2) is 23.0. The normalized spacial score (nSPS) is 12.5. The molecule has 0 bridgehead atoms. The average molecular weight is 455 g/mol. The Morgan fingerprint density at radius 2 is 0.636 bits per heavy atom. The van der Waals surface area contributed by atoms with Crippen molar-refractivity contribution in [3.05, 3.63) is 69.9 Å². The minimum absolute atomic E-state index is 0.250. The standard InChI is InChI=1S/C30H50.CO2/c1-25(2)15-11-19-29(7)23-13-21-27(5)17-9-10-18-28(6)22-14-24-30(8)20-12-16-26(3)4;2-1-3/h15-18,23-24H,9-14,19-22H2,1-8H3;/b27-17+,28-18+,29-23+,30-24+;. The van der Waals surface area contributed by atoms with Crippen molar-refractivity contribution in [3.63, 3.8) is 0 Å². The molecule has 33 heavy (non-hydrogen) atoms. The van der Waals surface area contributed by atoms with Gasteiger partial charge in [-0.2, -0.15) is 9.59 Å². The van der Waals surface area contributed by atoms with Crippen molar-refractivity contribution in [2.75, 3.05) is 0 Å². The molecule has 0 aliphatic rings. The summed E-state index contributed by atoms with van der Waals surface area (Å²) in [5.74, 6) is 0. The van der Waals surface area contributed by atoms with Crippen molar-refractivity contribution in [2.24, 2.45) is 0 Å². The molecule has 0 aromatic carbocycles. The van der Waals surface area contributed by atoms with E-state index in [1.165, 1.54) is 97.6 Å². The highest BCUT2D eigenvalue weighted by atomic mass is 16.2. The summed E-state index contributed by atoms with van der Waals surface area (Å²) in [6.45, 7) is 17.8. The Bertz CT molecular complexity index is 667. The highest BCUT2D eigenvalue weighted by Crippen LogP contribution is 2.14. The van der Waals surface area contributed by atoms with Gasteiger partial charge in [-0.25, -0.2) is 0 Å². The van der Waals surface area contributed by atoms with Crippen LogP contribution in [0.5, 0.6) is 0 Å². The number of carbonyl (C=O) groups excluding carboxylic acids is 2. The van der Waals surface area contributed by atoms with Gasteiger partial charge in [-0.3, -0.25) is 0 Å². The fraction of sp³-hybridized carbons (Fsp3) is 0.581. The van der Waals surface area contributed by atoms with E-state index < -0.39 is 0 Å². The second-order valence-electron chi connectivity index (χ2n) is 9.58. The highest BCUT2D eigenvalue weighted by molar-refractivity contribution is 5.20. The van der Waals surface area contributed by atoms with E-state index in [-0.39, 0.29) is 6.15 Å². The SMILES string of the molecule is CC(C)=CCC/C(C)=C/CC/C(C)=C/CC/C=C(\C)CC/C=C(\C)CCC=C(C)C.O=C=O. The Morgan fingerprint density at radius 1 is 0.424 bits per heavy atom. The largest absolute Gasteiger partial charge is 0.373 e. The van der Waals surface area contributed by atoms with Crippen LogP contribution < -0.4 is 0 Å². The minimum atomic E-state index is 0.250. The fourth-order valence-corrected chi connectivity index (χ4v) is 3.34. The first-order chi connectivity index (χ1) is 15.6. The molecule has 0 saturated carbocycles. The van der Waals surface area contributed by atoms with Gasteiger partial charge in [0.1, 0.15) is 0 Å². The van der Waals surface area contributed by atoms with Crippen LogP contribution in [0.2, 0.25) is 0 Å². The van der Waals surface area contributed by atoms with E-state index in [0.717, 1.165) is 0 Å². The number of unbranched alkanes of at least 4 members (excludes halogenated alkanes) is 1. The van der Waals surface area contributed by atoms with E-state index in [1.807, 2.05) is 0 Å². The molecule has 0 fully saturated rings. The molecule has 0 N–H and O–H groups in total. The first kappa shape index (κ1) is 33.0. The molecule has 2 heteroatoms. The molecule has 0 aromatic heterocycles. The number of rotatable bonds is 15. The van der Waals surface area contributed by atoms with E-state index in [0.29, 0.717) is 0 Å². The molecule has 0 heterocycles. The summed E-state index contributed by atoms with van der Waals surface area (Å²) < 4.78 is 0. The Hall–Kier alpha value is -2.18. The summed E-state index contributed by atoms with van der Waals surface area (Å²) in [5, 5.41) is 0. The number of hydrogen-bond acceptors (Lipinski definition) is 2. The average Bonchev–Trinajstić information content (AvgIpc) is 2.71. The minimum Gasteiger partial charge on any atom is -0.186 e. The quantitative estimate of drug-likeness (QED) is 0.182. The molecule has 0 spiro atoms. The summed E-state index contributed by atoms with van der Waals surface area (Å²) in [6.07, 6.45) is 26.5. The zero-order valence-corrected chi connectivity index (χ0v) is 22.9. The predicted molar refractivity (Wildman–Crippen MR) is 145 cm³/mol. The maximum absolute atomic E-state index is 8.12. The maximum Gasteiger partial charge on any atom is 0.373 e. The van der Waals surface area contributed by atoms with Crippen LogP contribution in [-0.2, 0) is 9.59 Å². The van der Waals surface area contributed by atoms with Crippen LogP contribution >= 0.6 is 0 Å². The van der Waals surface area contributed by atoms with Crippen molar-refractivity contribution >= 4 is 6.15 Å². The van der Waals surface area contributed by atoms with Gasteiger partial charge < -0.3 is 0 Å². The third-order valence-electron chi connectivity index (χ3n) is 5.40. The molecule has 2 nitrogen and oxygen atoms in total. The first-order valence-electron chi connectivity index (χ1n) is 12.5. The Balaban J connectivity index is 0. The molecule has 0 aliphatic heterocycles. The summed E-state index contributed by atoms with van der Waals surface area (Å²) in [6, 6.07) is 0. The topological polar surface area (TPSA) is 34.1 Å². The molecule has 0 aliphatic carbocycles. The fourth-order valence-electron chi connectivity index (χ4n) is 3.34. The van der Waals surface area contributed by atoms with Gasteiger partial charge in [0.2, 0.25) is 0 Å². The van der Waals surface area contributed by atoms with Crippen molar-refractivity contribution in [2.45, 2.75) is 120 Å². The molecule has 0 aromatic rings. The lowest BCUT2D eigenvalue weighted by Crippen LogP contribution is -1.82. The van der Waals surface area contributed by atoms with E-state index in [1.54, 1.807) is 0 Å². The van der Waals surface area contributed by atoms with E-state index in [2.05, 4.69) is 91.8 Å². The highest BCUT2D eigenvalue weighted by Gasteiger charge is 1.94. The number of hydrogen-bond donors (Lipinski definition) is 0. The second-order valence-corrected chi connectivity index (χ2v) is 9.58. The van der Waals surface area contributed by atoms with Gasteiger partial charge >= 0.3 is 6.15 Å². The molecular formula is C31H50O2. The molecule has 0 rings (SSSR count). The van der Waals surface area contributed by atoms with Gasteiger partial charge in [0.15, 0.2) is 0 Å². The van der Waals surface area contributed by atoms with E-state index >= 15 is 0 Å². The van der Waals surface area contributed by atoms with E-state index in [4.69, 9.17) is 9.59 Å². The van der Waals surface area contributed by atoms with Crippen LogP contribution in [0.3, 0.4) is 0 Å². The van der Waals surface area contributed by atoms with Gasteiger partial charge in [-0.15, -0.1) is 0 Å². The van der Waals surface area contributed by atoms with Crippen molar-refractivity contribution in [1.82, 2.24) is 0 Å². The van der Waals surface area contributed by atoms with E-state index in [9.17, 15) is 0 Å². The van der Waals surface area contributed by atoms with Gasteiger partial charge in [0.05, 0.1) is 0 Å². The predicted octanol–water partition coefficient (Wildman–Crippen LogP) is 10.0. The van der Waals surface area contributed by atoms with Crippen LogP contribution in [0.4, 0.5) is 0 Å². The lowest BCUT2D eigenvalue weighted by Gasteiger charge is -2.02. The molecule has 0 radical (unpaired) electrons. The lowest BCUT2D eigenvalue weighted by molar-refractivity contribution is -0.191. The van der Waals surface area contributed by atoms with Crippen molar-refractivity contribution in [1.29, 1.82) is 0 Å². The zero-order valence-electron chi connectivity index (χ0n) is 22.9. The van der Waals surface area contributed by atoms with Crippen LogP contribution in [0.25, 0.3) is 0 Å². The summed E-state index contributed by atoms with van der Waals surface area (Å²) in [5.41, 5.74) is 8.97. The lowest BCUT2D eigenvalue weighted by atomic mass is 10.0. The van der Waals surface area contributed by atoms with Gasteiger partial charge in [-0.05, 0) is 120 Å². The van der Waals surface area contributed by atoms with Crippen LogP contribution in [0.1, 0.15) is 120 Å². The van der Waals surface area contributed by atoms with Crippen LogP contribution in [0.15, 0.2) is 69.9 Å². The Kier molecular flexibility index (Phi) is 23.0. The van der Waals surface area contributed by atoms with Crippen LogP contribution in [0, 0.1) is 0 Å². The van der Waals surface area contributed by atoms with Crippen LogP contribution in [-0.4, -0.2) is 6.15 Å². The summed E-state index contributed by atoms with van der Waals surface area (Å²) in [7, 11) is 0. The third-order valence-corrected chi connectivity index (χ3v) is 5.40. The zero-order chi connectivity index (χ0) is 25.5. The molecule has 186 valence electrons. The van der Waals surface area contributed by atoms with Gasteiger partial charge in [0, 0.05) is 0 Å². The smallest absolute Gasteiger partial charge is 0.186 e. The molecule has 0 unspecified atom stereocenters. The monoisotopic (exact) mass is 454 g/mol. The molecule has 0 atom stereocenters. The summed E-state index contributed by atoms with van der Waals surface area (Å²) in [4.78, 5) is 16.2. The van der Waals surface area contributed by atoms with Crippen molar-refractivity contribution in [3.8, 4) is 0 Å². The molecule has 0 amide bonds. The van der Waals surface area contributed by atoms with Gasteiger partial charge in [-0.1, -0.05) is 69.9 Å². The Labute approximate surface area is 205 Å². The Morgan fingerprint density at radius 3 is 0.879 bits per heavy atom. The van der Waals surface area contributed by atoms with Gasteiger partial charge in [0.25, 0.3) is 0 Å².